The Labute approximate surface area is 147 Å². The van der Waals surface area contributed by atoms with Crippen LogP contribution in [0, 0.1) is 5.92 Å². The summed E-state index contributed by atoms with van der Waals surface area (Å²) < 4.78 is 31.3. The van der Waals surface area contributed by atoms with Crippen molar-refractivity contribution in [3.8, 4) is 5.75 Å². The summed E-state index contributed by atoms with van der Waals surface area (Å²) in [5, 5.41) is 0.417. The lowest BCUT2D eigenvalue weighted by Crippen LogP contribution is -2.53. The quantitative estimate of drug-likeness (QED) is 0.797. The molecule has 132 valence electrons. The summed E-state index contributed by atoms with van der Waals surface area (Å²) in [5.74, 6) is 0.813. The first-order valence-corrected chi connectivity index (χ1v) is 10.2. The van der Waals surface area contributed by atoms with Crippen molar-refractivity contribution in [2.45, 2.75) is 25.9 Å². The van der Waals surface area contributed by atoms with Gasteiger partial charge in [-0.3, -0.25) is 9.10 Å². The van der Waals surface area contributed by atoms with E-state index in [1.165, 1.54) is 4.31 Å². The van der Waals surface area contributed by atoms with Gasteiger partial charge in [0.25, 0.3) is 5.91 Å². The van der Waals surface area contributed by atoms with E-state index in [-0.39, 0.29) is 12.5 Å². The molecule has 2 aliphatic heterocycles. The number of benzene rings is 1. The second kappa shape index (κ2) is 6.44. The number of fused-ring (bicyclic) bond motifs is 1. The lowest BCUT2D eigenvalue weighted by Gasteiger charge is -2.38. The number of carbonyl (C=O) groups excluding carboxylic acids is 1. The molecule has 0 aliphatic carbocycles. The summed E-state index contributed by atoms with van der Waals surface area (Å²) >= 11 is 5.97. The van der Waals surface area contributed by atoms with Crippen LogP contribution in [0.15, 0.2) is 18.2 Å². The zero-order valence-corrected chi connectivity index (χ0v) is 15.3. The molecule has 0 bridgehead atoms. The Hall–Kier alpha value is -1.47. The molecule has 1 aromatic carbocycles. The highest BCUT2D eigenvalue weighted by molar-refractivity contribution is 7.92. The Kier molecular flexibility index (Phi) is 4.66. The third-order valence-corrected chi connectivity index (χ3v) is 5.94. The van der Waals surface area contributed by atoms with E-state index >= 15 is 0 Å². The van der Waals surface area contributed by atoms with Crippen molar-refractivity contribution in [1.82, 2.24) is 4.90 Å². The van der Waals surface area contributed by atoms with Crippen LogP contribution in [0.3, 0.4) is 0 Å². The van der Waals surface area contributed by atoms with Gasteiger partial charge in [0.2, 0.25) is 10.0 Å². The van der Waals surface area contributed by atoms with Gasteiger partial charge in [-0.05, 0) is 37.0 Å². The number of ether oxygens (including phenoxy) is 1. The van der Waals surface area contributed by atoms with Crippen LogP contribution in [0.4, 0.5) is 5.69 Å². The number of rotatable bonds is 2. The molecule has 1 saturated heterocycles. The number of sulfonamides is 1. The second-order valence-electron chi connectivity index (χ2n) is 6.52. The molecule has 1 amide bonds. The number of halogens is 1. The van der Waals surface area contributed by atoms with Gasteiger partial charge in [-0.15, -0.1) is 0 Å². The second-order valence-corrected chi connectivity index (χ2v) is 8.86. The number of hydrogen-bond donors (Lipinski definition) is 0. The van der Waals surface area contributed by atoms with Crippen molar-refractivity contribution >= 4 is 33.2 Å². The monoisotopic (exact) mass is 372 g/mol. The highest BCUT2D eigenvalue weighted by Gasteiger charge is 2.37. The SMILES string of the molecule is CC1CCN(C(=O)[C@H]2CN(S(C)(=O)=O)c3cc(Cl)ccc3O2)CC1. The van der Waals surface area contributed by atoms with Crippen LogP contribution in [0.2, 0.25) is 5.02 Å². The predicted molar refractivity (Wildman–Crippen MR) is 93.0 cm³/mol. The maximum Gasteiger partial charge on any atom is 0.265 e. The Morgan fingerprint density at radius 3 is 2.58 bits per heavy atom. The first-order valence-electron chi connectivity index (χ1n) is 7.98. The lowest BCUT2D eigenvalue weighted by molar-refractivity contribution is -0.139. The van der Waals surface area contributed by atoms with Gasteiger partial charge in [-0.1, -0.05) is 18.5 Å². The molecular formula is C16H21ClN2O4S. The molecule has 8 heteroatoms. The van der Waals surface area contributed by atoms with Crippen molar-refractivity contribution in [2.24, 2.45) is 5.92 Å². The summed E-state index contributed by atoms with van der Waals surface area (Å²) in [6.45, 7) is 3.51. The summed E-state index contributed by atoms with van der Waals surface area (Å²) in [6, 6.07) is 4.77. The van der Waals surface area contributed by atoms with Gasteiger partial charge in [0.05, 0.1) is 18.5 Å². The Balaban J connectivity index is 1.87. The minimum atomic E-state index is -3.54. The largest absolute Gasteiger partial charge is 0.476 e. The normalized spacial score (nSPS) is 22.0. The summed E-state index contributed by atoms with van der Waals surface area (Å²) in [6.07, 6.45) is 2.20. The molecule has 0 unspecified atom stereocenters. The van der Waals surface area contributed by atoms with Gasteiger partial charge >= 0.3 is 0 Å². The van der Waals surface area contributed by atoms with Gasteiger partial charge in [0.15, 0.2) is 6.10 Å². The number of carbonyl (C=O) groups is 1. The maximum absolute atomic E-state index is 12.8. The Morgan fingerprint density at radius 1 is 1.29 bits per heavy atom. The standard InChI is InChI=1S/C16H21ClN2O4S/c1-11-5-7-18(8-6-11)16(20)15-10-19(24(2,21)22)13-9-12(17)3-4-14(13)23-15/h3-4,9,11,15H,5-8,10H2,1-2H3/t15-/m1/s1. The van der Waals surface area contributed by atoms with Crippen molar-refractivity contribution in [2.75, 3.05) is 30.2 Å². The summed E-state index contributed by atoms with van der Waals surface area (Å²) in [7, 11) is -3.54. The number of anilines is 1. The first kappa shape index (κ1) is 17.4. The average molecular weight is 373 g/mol. The van der Waals surface area contributed by atoms with Gasteiger partial charge in [0, 0.05) is 18.1 Å². The lowest BCUT2D eigenvalue weighted by atomic mass is 9.99. The van der Waals surface area contributed by atoms with E-state index in [1.807, 2.05) is 0 Å². The molecule has 0 aromatic heterocycles. The molecule has 24 heavy (non-hydrogen) atoms. The van der Waals surface area contributed by atoms with Crippen LogP contribution < -0.4 is 9.04 Å². The molecule has 2 heterocycles. The molecule has 1 fully saturated rings. The van der Waals surface area contributed by atoms with E-state index in [9.17, 15) is 13.2 Å². The van der Waals surface area contributed by atoms with Crippen molar-refractivity contribution in [3.63, 3.8) is 0 Å². The highest BCUT2D eigenvalue weighted by atomic mass is 35.5. The fourth-order valence-electron chi connectivity index (χ4n) is 3.10. The molecule has 0 saturated carbocycles. The number of hydrogen-bond acceptors (Lipinski definition) is 4. The van der Waals surface area contributed by atoms with Crippen LogP contribution in [-0.2, 0) is 14.8 Å². The summed E-state index contributed by atoms with van der Waals surface area (Å²) in [4.78, 5) is 14.5. The average Bonchev–Trinajstić information content (AvgIpc) is 2.53. The minimum Gasteiger partial charge on any atom is -0.476 e. The van der Waals surface area contributed by atoms with Crippen LogP contribution in [0.25, 0.3) is 0 Å². The molecular weight excluding hydrogens is 352 g/mol. The number of piperidine rings is 1. The summed E-state index contributed by atoms with van der Waals surface area (Å²) in [5.41, 5.74) is 0.376. The highest BCUT2D eigenvalue weighted by Crippen LogP contribution is 2.37. The van der Waals surface area contributed by atoms with Gasteiger partial charge < -0.3 is 9.64 Å². The third kappa shape index (κ3) is 3.47. The van der Waals surface area contributed by atoms with Crippen molar-refractivity contribution in [1.29, 1.82) is 0 Å². The molecule has 0 radical (unpaired) electrons. The van der Waals surface area contributed by atoms with Crippen molar-refractivity contribution < 1.29 is 17.9 Å². The van der Waals surface area contributed by atoms with Crippen LogP contribution in [-0.4, -0.2) is 51.2 Å². The Bertz CT molecular complexity index is 744. The molecule has 6 nitrogen and oxygen atoms in total. The molecule has 0 N–H and O–H groups in total. The number of nitrogens with zero attached hydrogens (tertiary/aromatic N) is 2. The van der Waals surface area contributed by atoms with Crippen LogP contribution >= 0.6 is 11.6 Å². The first-order chi connectivity index (χ1) is 11.3. The third-order valence-electron chi connectivity index (χ3n) is 4.56. The van der Waals surface area contributed by atoms with Crippen LogP contribution in [0.1, 0.15) is 19.8 Å². The number of likely N-dealkylation sites (tertiary alicyclic amines) is 1. The fourth-order valence-corrected chi connectivity index (χ4v) is 4.17. The predicted octanol–water partition coefficient (Wildman–Crippen LogP) is 2.13. The smallest absolute Gasteiger partial charge is 0.265 e. The van der Waals surface area contributed by atoms with Gasteiger partial charge in [-0.2, -0.15) is 0 Å². The van der Waals surface area contributed by atoms with Crippen LogP contribution in [0.5, 0.6) is 5.75 Å². The van der Waals surface area contributed by atoms with E-state index in [0.29, 0.717) is 35.5 Å². The number of amides is 1. The maximum atomic E-state index is 12.8. The van der Waals surface area contributed by atoms with E-state index in [2.05, 4.69) is 6.92 Å². The van der Waals surface area contributed by atoms with E-state index < -0.39 is 16.1 Å². The van der Waals surface area contributed by atoms with E-state index in [4.69, 9.17) is 16.3 Å². The molecule has 2 aliphatic rings. The molecule has 1 atom stereocenters. The van der Waals surface area contributed by atoms with E-state index in [1.54, 1.807) is 23.1 Å². The molecule has 3 rings (SSSR count). The van der Waals surface area contributed by atoms with Gasteiger partial charge in [-0.25, -0.2) is 8.42 Å². The van der Waals surface area contributed by atoms with Gasteiger partial charge in [0.1, 0.15) is 5.75 Å². The molecule has 1 aromatic rings. The van der Waals surface area contributed by atoms with Crippen molar-refractivity contribution in [3.05, 3.63) is 23.2 Å². The fraction of sp³-hybridized carbons (Fsp3) is 0.562. The topological polar surface area (TPSA) is 66.9 Å². The minimum absolute atomic E-state index is 0.0307. The molecule has 0 spiro atoms. The zero-order chi connectivity index (χ0) is 17.5. The van der Waals surface area contributed by atoms with E-state index in [0.717, 1.165) is 19.1 Å². The Morgan fingerprint density at radius 2 is 1.96 bits per heavy atom. The zero-order valence-electron chi connectivity index (χ0n) is 13.7.